The van der Waals surface area contributed by atoms with E-state index in [1.165, 1.54) is 12.0 Å². The number of nitrogens with zero attached hydrogens (tertiary/aromatic N) is 1. The van der Waals surface area contributed by atoms with Crippen molar-refractivity contribution in [3.8, 4) is 0 Å². The summed E-state index contributed by atoms with van der Waals surface area (Å²) in [6.45, 7) is 0.375. The molecule has 0 saturated carbocycles. The number of ether oxygens (including phenoxy) is 1. The number of carbonyl (C=O) groups is 1. The van der Waals surface area contributed by atoms with Crippen LogP contribution in [0.1, 0.15) is 30.7 Å². The monoisotopic (exact) mass is 411 g/mol. The van der Waals surface area contributed by atoms with Gasteiger partial charge in [-0.1, -0.05) is 52.9 Å². The highest BCUT2D eigenvalue weighted by Gasteiger charge is 2.49. The molecule has 4 atom stereocenters. The van der Waals surface area contributed by atoms with Crippen LogP contribution in [-0.4, -0.2) is 36.6 Å². The van der Waals surface area contributed by atoms with Crippen LogP contribution in [0.3, 0.4) is 0 Å². The van der Waals surface area contributed by atoms with Crippen LogP contribution < -0.4 is 0 Å². The van der Waals surface area contributed by atoms with Crippen molar-refractivity contribution < 1.29 is 9.53 Å². The number of hydrogen-bond donors (Lipinski definition) is 0. The second kappa shape index (κ2) is 7.13. The number of esters is 1. The average molecular weight is 411 g/mol. The minimum absolute atomic E-state index is 0.0412. The molecule has 2 bridgehead atoms. The predicted molar refractivity (Wildman–Crippen MR) is 96.0 cm³/mol. The third-order valence-corrected chi connectivity index (χ3v) is 5.69. The molecular weight excluding hydrogens is 389 g/mol. The molecule has 0 amide bonds. The van der Waals surface area contributed by atoms with E-state index in [9.17, 15) is 4.79 Å². The molecule has 4 heteroatoms. The van der Waals surface area contributed by atoms with Crippen LogP contribution in [0.4, 0.5) is 0 Å². The molecule has 0 N–H and O–H groups in total. The van der Waals surface area contributed by atoms with Gasteiger partial charge in [-0.3, -0.25) is 9.69 Å². The van der Waals surface area contributed by atoms with Gasteiger partial charge >= 0.3 is 5.97 Å². The Hall–Kier alpha value is -0.880. The third-order valence-electron chi connectivity index (χ3n) is 5.18. The van der Waals surface area contributed by atoms with Gasteiger partial charge in [-0.2, -0.15) is 0 Å². The first-order chi connectivity index (χ1) is 10.7. The average Bonchev–Trinajstić information content (AvgIpc) is 2.78. The molecule has 2 saturated heterocycles. The van der Waals surface area contributed by atoms with E-state index >= 15 is 0 Å². The fourth-order valence-corrected chi connectivity index (χ4v) is 4.30. The summed E-state index contributed by atoms with van der Waals surface area (Å²) in [6.07, 6.45) is 5.23. The van der Waals surface area contributed by atoms with Gasteiger partial charge < -0.3 is 4.74 Å². The van der Waals surface area contributed by atoms with E-state index in [0.717, 1.165) is 12.8 Å². The van der Waals surface area contributed by atoms with Crippen LogP contribution in [0.5, 0.6) is 0 Å². The largest absolute Gasteiger partial charge is 0.461 e. The number of fused-ring (bicyclic) bond motifs is 2. The summed E-state index contributed by atoms with van der Waals surface area (Å²) in [4.78, 5) is 15.1. The Labute approximate surface area is 145 Å². The van der Waals surface area contributed by atoms with Gasteiger partial charge in [-0.25, -0.2) is 0 Å². The van der Waals surface area contributed by atoms with Crippen molar-refractivity contribution in [2.75, 3.05) is 13.7 Å². The molecule has 0 unspecified atom stereocenters. The standard InChI is InChI=1S/C18H22INO2/c1-20-14-8-9-16(20)17(18(21)22-11-5-10-19)15(12-14)13-6-3-2-4-7-13/h2-7,10,14-17H,8-9,11-12H2,1H3/b10-5+/t14-,15+,16+,17-/m0/s1. The molecule has 3 nitrogen and oxygen atoms in total. The maximum Gasteiger partial charge on any atom is 0.311 e. The fraction of sp³-hybridized carbons (Fsp3) is 0.500. The van der Waals surface area contributed by atoms with Gasteiger partial charge in [-0.05, 0) is 42.0 Å². The normalized spacial score (nSPS) is 31.5. The Bertz CT molecular complexity index is 545. The predicted octanol–water partition coefficient (Wildman–Crippen LogP) is 3.74. The zero-order valence-electron chi connectivity index (χ0n) is 12.8. The molecule has 1 aromatic rings. The smallest absolute Gasteiger partial charge is 0.311 e. The van der Waals surface area contributed by atoms with Gasteiger partial charge in [0.25, 0.3) is 0 Å². The van der Waals surface area contributed by atoms with E-state index in [1.807, 2.05) is 16.2 Å². The molecule has 0 aliphatic carbocycles. The molecule has 2 aliphatic rings. The Morgan fingerprint density at radius 2 is 2.14 bits per heavy atom. The number of benzene rings is 1. The van der Waals surface area contributed by atoms with Crippen molar-refractivity contribution in [2.45, 2.75) is 37.3 Å². The molecule has 2 fully saturated rings. The maximum absolute atomic E-state index is 12.7. The highest BCUT2D eigenvalue weighted by atomic mass is 127. The maximum atomic E-state index is 12.7. The summed E-state index contributed by atoms with van der Waals surface area (Å²) in [5.74, 6) is 0.195. The highest BCUT2D eigenvalue weighted by Crippen LogP contribution is 2.46. The highest BCUT2D eigenvalue weighted by molar-refractivity contribution is 14.1. The van der Waals surface area contributed by atoms with E-state index in [0.29, 0.717) is 18.7 Å². The number of piperidine rings is 1. The molecule has 22 heavy (non-hydrogen) atoms. The van der Waals surface area contributed by atoms with Gasteiger partial charge in [0.1, 0.15) is 6.61 Å². The van der Waals surface area contributed by atoms with Crippen LogP contribution in [0, 0.1) is 5.92 Å². The molecular formula is C18H22INO2. The van der Waals surface area contributed by atoms with Gasteiger partial charge in [0.05, 0.1) is 5.92 Å². The Kier molecular flexibility index (Phi) is 5.18. The van der Waals surface area contributed by atoms with Crippen molar-refractivity contribution in [3.05, 3.63) is 46.1 Å². The summed E-state index contributed by atoms with van der Waals surface area (Å²) in [5, 5.41) is 0. The van der Waals surface area contributed by atoms with Gasteiger partial charge in [0.2, 0.25) is 0 Å². The minimum atomic E-state index is -0.0474. The first-order valence-electron chi connectivity index (χ1n) is 7.91. The topological polar surface area (TPSA) is 29.5 Å². The number of hydrogen-bond acceptors (Lipinski definition) is 3. The Morgan fingerprint density at radius 3 is 2.86 bits per heavy atom. The SMILES string of the molecule is CN1[C@H]2CC[C@@H]1[C@@H](C(=O)OC/C=C/I)[C@@H](c1ccccc1)C2. The van der Waals surface area contributed by atoms with Gasteiger partial charge in [0.15, 0.2) is 0 Å². The molecule has 3 rings (SSSR count). The summed E-state index contributed by atoms with van der Waals surface area (Å²) in [5.41, 5.74) is 1.28. The first-order valence-corrected chi connectivity index (χ1v) is 9.15. The zero-order valence-corrected chi connectivity index (χ0v) is 15.0. The van der Waals surface area contributed by atoms with Crippen molar-refractivity contribution in [1.82, 2.24) is 4.90 Å². The number of rotatable bonds is 4. The first kappa shape index (κ1) is 16.0. The molecule has 0 spiro atoms. The molecule has 2 heterocycles. The Morgan fingerprint density at radius 1 is 1.36 bits per heavy atom. The lowest BCUT2D eigenvalue weighted by molar-refractivity contribution is -0.152. The molecule has 1 aromatic carbocycles. The second-order valence-electron chi connectivity index (χ2n) is 6.23. The van der Waals surface area contributed by atoms with Crippen LogP contribution in [0.2, 0.25) is 0 Å². The quantitative estimate of drug-likeness (QED) is 0.559. The fourth-order valence-electron chi connectivity index (χ4n) is 4.09. The zero-order chi connectivity index (χ0) is 15.5. The van der Waals surface area contributed by atoms with Gasteiger partial charge in [-0.15, -0.1) is 0 Å². The van der Waals surface area contributed by atoms with Crippen molar-refractivity contribution in [1.29, 1.82) is 0 Å². The lowest BCUT2D eigenvalue weighted by Crippen LogP contribution is -2.49. The number of carbonyl (C=O) groups excluding carboxylic acids is 1. The molecule has 0 aromatic heterocycles. The van der Waals surface area contributed by atoms with E-state index in [2.05, 4.69) is 58.8 Å². The van der Waals surface area contributed by atoms with E-state index in [1.54, 1.807) is 0 Å². The number of halogens is 1. The molecule has 118 valence electrons. The van der Waals surface area contributed by atoms with Crippen LogP contribution in [0.15, 0.2) is 40.5 Å². The van der Waals surface area contributed by atoms with Crippen molar-refractivity contribution >= 4 is 28.6 Å². The van der Waals surface area contributed by atoms with Crippen LogP contribution in [-0.2, 0) is 9.53 Å². The lowest BCUT2D eigenvalue weighted by atomic mass is 9.76. The minimum Gasteiger partial charge on any atom is -0.461 e. The second-order valence-corrected chi connectivity index (χ2v) is 6.95. The summed E-state index contributed by atoms with van der Waals surface area (Å²) in [6, 6.07) is 11.4. The summed E-state index contributed by atoms with van der Waals surface area (Å²) in [7, 11) is 2.16. The third kappa shape index (κ3) is 3.08. The van der Waals surface area contributed by atoms with Crippen molar-refractivity contribution in [3.63, 3.8) is 0 Å². The van der Waals surface area contributed by atoms with Crippen LogP contribution >= 0.6 is 22.6 Å². The van der Waals surface area contributed by atoms with E-state index < -0.39 is 0 Å². The Balaban J connectivity index is 1.85. The van der Waals surface area contributed by atoms with E-state index in [4.69, 9.17) is 4.74 Å². The molecule has 0 radical (unpaired) electrons. The summed E-state index contributed by atoms with van der Waals surface area (Å²) >= 11 is 2.14. The molecule has 2 aliphatic heterocycles. The van der Waals surface area contributed by atoms with Gasteiger partial charge in [0, 0.05) is 18.0 Å². The lowest BCUT2D eigenvalue weighted by Gasteiger charge is -2.41. The van der Waals surface area contributed by atoms with Crippen LogP contribution in [0.25, 0.3) is 0 Å². The van der Waals surface area contributed by atoms with Crippen molar-refractivity contribution in [2.24, 2.45) is 5.92 Å². The van der Waals surface area contributed by atoms with E-state index in [-0.39, 0.29) is 17.8 Å². The summed E-state index contributed by atoms with van der Waals surface area (Å²) < 4.78 is 7.40.